The van der Waals surface area contributed by atoms with Gasteiger partial charge < -0.3 is 19.7 Å². The number of amides is 1. The van der Waals surface area contributed by atoms with Gasteiger partial charge in [-0.05, 0) is 40.5 Å². The number of nitrogens with zero attached hydrogens (tertiary/aromatic N) is 3. The summed E-state index contributed by atoms with van der Waals surface area (Å²) in [6.07, 6.45) is 2.10. The van der Waals surface area contributed by atoms with Crippen LogP contribution in [-0.4, -0.2) is 53.7 Å². The standard InChI is InChI=1S/C19H32N4O4/c1-8-19(9-2,18(25)26-7)22-16(24)14-12-20-15(23(10-3)11-4)17(21-14)27-13(5)6/h12-13H,8-11H2,1-7H3,(H,22,24). The zero-order chi connectivity index (χ0) is 20.6. The molecule has 0 bridgehead atoms. The molecule has 0 unspecified atom stereocenters. The monoisotopic (exact) mass is 380 g/mol. The van der Waals surface area contributed by atoms with Crippen LogP contribution in [0.1, 0.15) is 64.9 Å². The van der Waals surface area contributed by atoms with Crippen molar-refractivity contribution in [2.75, 3.05) is 25.1 Å². The molecule has 1 heterocycles. The molecule has 0 aromatic carbocycles. The fraction of sp³-hybridized carbons (Fsp3) is 0.684. The maximum atomic E-state index is 12.8. The summed E-state index contributed by atoms with van der Waals surface area (Å²) in [4.78, 5) is 35.7. The van der Waals surface area contributed by atoms with Gasteiger partial charge in [-0.15, -0.1) is 0 Å². The maximum absolute atomic E-state index is 12.8. The Morgan fingerprint density at radius 3 is 2.22 bits per heavy atom. The third kappa shape index (κ3) is 5.30. The van der Waals surface area contributed by atoms with E-state index in [2.05, 4.69) is 15.3 Å². The molecule has 0 aliphatic rings. The lowest BCUT2D eigenvalue weighted by Gasteiger charge is -2.29. The van der Waals surface area contributed by atoms with Crippen LogP contribution in [0, 0.1) is 0 Å². The van der Waals surface area contributed by atoms with Gasteiger partial charge in [-0.2, -0.15) is 0 Å². The highest BCUT2D eigenvalue weighted by atomic mass is 16.5. The molecule has 0 fully saturated rings. The van der Waals surface area contributed by atoms with E-state index in [9.17, 15) is 9.59 Å². The largest absolute Gasteiger partial charge is 0.472 e. The van der Waals surface area contributed by atoms with Crippen molar-refractivity contribution in [3.8, 4) is 5.88 Å². The van der Waals surface area contributed by atoms with E-state index in [4.69, 9.17) is 9.47 Å². The Morgan fingerprint density at radius 2 is 1.78 bits per heavy atom. The fourth-order valence-corrected chi connectivity index (χ4v) is 2.76. The number of aromatic nitrogens is 2. The molecule has 1 amide bonds. The second-order valence-electron chi connectivity index (χ2n) is 6.46. The zero-order valence-electron chi connectivity index (χ0n) is 17.5. The number of ether oxygens (including phenoxy) is 2. The van der Waals surface area contributed by atoms with E-state index in [1.807, 2.05) is 46.4 Å². The first-order valence-corrected chi connectivity index (χ1v) is 9.47. The summed E-state index contributed by atoms with van der Waals surface area (Å²) in [6.45, 7) is 12.9. The number of esters is 1. The summed E-state index contributed by atoms with van der Waals surface area (Å²) < 4.78 is 10.7. The van der Waals surface area contributed by atoms with Gasteiger partial charge in [0.25, 0.3) is 11.8 Å². The quantitative estimate of drug-likeness (QED) is 0.624. The molecule has 0 aliphatic carbocycles. The van der Waals surface area contributed by atoms with E-state index in [1.54, 1.807) is 0 Å². The molecule has 27 heavy (non-hydrogen) atoms. The molecule has 0 aliphatic heterocycles. The van der Waals surface area contributed by atoms with E-state index < -0.39 is 17.4 Å². The van der Waals surface area contributed by atoms with Gasteiger partial charge in [0.05, 0.1) is 19.4 Å². The van der Waals surface area contributed by atoms with Gasteiger partial charge in [0.1, 0.15) is 5.54 Å². The molecule has 0 saturated heterocycles. The molecule has 0 saturated carbocycles. The first-order valence-electron chi connectivity index (χ1n) is 9.47. The highest BCUT2D eigenvalue weighted by Gasteiger charge is 2.38. The minimum absolute atomic E-state index is 0.0942. The van der Waals surface area contributed by atoms with Crippen molar-refractivity contribution < 1.29 is 19.1 Å². The average molecular weight is 380 g/mol. The number of rotatable bonds is 10. The Balaban J connectivity index is 3.25. The van der Waals surface area contributed by atoms with Gasteiger partial charge in [-0.25, -0.2) is 14.8 Å². The summed E-state index contributed by atoms with van der Waals surface area (Å²) in [5.41, 5.74) is -0.999. The van der Waals surface area contributed by atoms with Crippen molar-refractivity contribution in [3.05, 3.63) is 11.9 Å². The van der Waals surface area contributed by atoms with Crippen LogP contribution in [0.5, 0.6) is 5.88 Å². The number of anilines is 1. The maximum Gasteiger partial charge on any atom is 0.331 e. The number of carbonyl (C=O) groups excluding carboxylic acids is 2. The number of methoxy groups -OCH3 is 1. The van der Waals surface area contributed by atoms with Crippen molar-refractivity contribution in [1.29, 1.82) is 0 Å². The van der Waals surface area contributed by atoms with Gasteiger partial charge in [0, 0.05) is 13.1 Å². The topological polar surface area (TPSA) is 93.7 Å². The summed E-state index contributed by atoms with van der Waals surface area (Å²) in [6, 6.07) is 0. The molecule has 0 spiro atoms. The molecule has 152 valence electrons. The highest BCUT2D eigenvalue weighted by Crippen LogP contribution is 2.25. The van der Waals surface area contributed by atoms with Crippen LogP contribution in [-0.2, 0) is 9.53 Å². The van der Waals surface area contributed by atoms with Gasteiger partial charge in [-0.1, -0.05) is 13.8 Å². The third-order valence-electron chi connectivity index (χ3n) is 4.50. The van der Waals surface area contributed by atoms with Crippen molar-refractivity contribution in [2.45, 2.75) is 66.0 Å². The lowest BCUT2D eigenvalue weighted by Crippen LogP contribution is -2.54. The SMILES string of the molecule is CCN(CC)c1ncc(C(=O)NC(CC)(CC)C(=O)OC)nc1OC(C)C. The summed E-state index contributed by atoms with van der Waals surface area (Å²) in [7, 11) is 1.31. The molecule has 0 atom stereocenters. The smallest absolute Gasteiger partial charge is 0.331 e. The molecule has 1 aromatic heterocycles. The zero-order valence-corrected chi connectivity index (χ0v) is 17.5. The second-order valence-corrected chi connectivity index (χ2v) is 6.46. The first kappa shape index (κ1) is 22.7. The molecular formula is C19H32N4O4. The molecule has 1 rings (SSSR count). The van der Waals surface area contributed by atoms with E-state index in [0.29, 0.717) is 24.5 Å². The van der Waals surface area contributed by atoms with Crippen molar-refractivity contribution in [1.82, 2.24) is 15.3 Å². The second kappa shape index (κ2) is 10.1. The van der Waals surface area contributed by atoms with Crippen LogP contribution in [0.2, 0.25) is 0 Å². The van der Waals surface area contributed by atoms with Crippen LogP contribution in [0.4, 0.5) is 5.82 Å². The molecule has 8 heteroatoms. The highest BCUT2D eigenvalue weighted by molar-refractivity contribution is 5.96. The van der Waals surface area contributed by atoms with Gasteiger partial charge in [0.15, 0.2) is 11.5 Å². The first-order chi connectivity index (χ1) is 12.8. The third-order valence-corrected chi connectivity index (χ3v) is 4.50. The van der Waals surface area contributed by atoms with Crippen LogP contribution in [0.25, 0.3) is 0 Å². The van der Waals surface area contributed by atoms with Gasteiger partial charge in [0.2, 0.25) is 0 Å². The Labute approximate surface area is 161 Å². The summed E-state index contributed by atoms with van der Waals surface area (Å²) in [5.74, 6) is -0.0722. The summed E-state index contributed by atoms with van der Waals surface area (Å²) >= 11 is 0. The summed E-state index contributed by atoms with van der Waals surface area (Å²) in [5, 5.41) is 2.77. The lowest BCUT2D eigenvalue weighted by atomic mass is 9.92. The lowest BCUT2D eigenvalue weighted by molar-refractivity contribution is -0.148. The Morgan fingerprint density at radius 1 is 1.19 bits per heavy atom. The molecule has 0 radical (unpaired) electrons. The number of hydrogen-bond acceptors (Lipinski definition) is 7. The number of carbonyl (C=O) groups is 2. The number of hydrogen-bond donors (Lipinski definition) is 1. The molecular weight excluding hydrogens is 348 g/mol. The van der Waals surface area contributed by atoms with Crippen molar-refractivity contribution in [2.24, 2.45) is 0 Å². The van der Waals surface area contributed by atoms with E-state index in [-0.39, 0.29) is 11.8 Å². The van der Waals surface area contributed by atoms with Crippen molar-refractivity contribution in [3.63, 3.8) is 0 Å². The van der Waals surface area contributed by atoms with E-state index in [1.165, 1.54) is 13.3 Å². The van der Waals surface area contributed by atoms with Crippen LogP contribution >= 0.6 is 0 Å². The minimum Gasteiger partial charge on any atom is -0.472 e. The van der Waals surface area contributed by atoms with E-state index in [0.717, 1.165) is 13.1 Å². The molecule has 1 aromatic rings. The van der Waals surface area contributed by atoms with Crippen LogP contribution in [0.3, 0.4) is 0 Å². The minimum atomic E-state index is -1.09. The Hall–Kier alpha value is -2.38. The fourth-order valence-electron chi connectivity index (χ4n) is 2.76. The average Bonchev–Trinajstić information content (AvgIpc) is 2.66. The number of nitrogens with one attached hydrogen (secondary N) is 1. The molecule has 1 N–H and O–H groups in total. The van der Waals surface area contributed by atoms with Crippen molar-refractivity contribution >= 4 is 17.7 Å². The van der Waals surface area contributed by atoms with Crippen LogP contribution < -0.4 is 15.0 Å². The molecule has 8 nitrogen and oxygen atoms in total. The predicted octanol–water partition coefficient (Wildman–Crippen LogP) is 2.57. The Bertz CT molecular complexity index is 641. The predicted molar refractivity (Wildman–Crippen MR) is 104 cm³/mol. The van der Waals surface area contributed by atoms with Gasteiger partial charge in [-0.3, -0.25) is 4.79 Å². The van der Waals surface area contributed by atoms with Crippen LogP contribution in [0.15, 0.2) is 6.20 Å². The normalized spacial score (nSPS) is 11.3. The Kier molecular flexibility index (Phi) is 8.46. The van der Waals surface area contributed by atoms with E-state index >= 15 is 0 Å². The van der Waals surface area contributed by atoms with Gasteiger partial charge >= 0.3 is 5.97 Å².